The molecule has 0 aliphatic carbocycles. The van der Waals surface area contributed by atoms with Gasteiger partial charge in [0, 0.05) is 0 Å². The van der Waals surface area contributed by atoms with Crippen LogP contribution in [-0.2, 0) is 4.74 Å². The smallest absolute Gasteiger partial charge is 0.192 e. The zero-order valence-electron chi connectivity index (χ0n) is 7.16. The number of ether oxygens (including phenoxy) is 1. The van der Waals surface area contributed by atoms with Gasteiger partial charge in [-0.1, -0.05) is 0 Å². The maximum atomic E-state index is 9.38. The highest BCUT2D eigenvalue weighted by Crippen LogP contribution is 2.27. The monoisotopic (exact) mass is 194 g/mol. The van der Waals surface area contributed by atoms with Crippen molar-refractivity contribution in [2.75, 3.05) is 6.61 Å². The SMILES string of the molecule is C[C@]1(O)OC(CO)[C@@H](O)[C@H](O)C1O. The molecule has 0 saturated carbocycles. The number of rotatable bonds is 1. The molecule has 1 aliphatic rings. The second kappa shape index (κ2) is 3.49. The third kappa shape index (κ3) is 1.83. The topological polar surface area (TPSA) is 110 Å². The first-order valence-electron chi connectivity index (χ1n) is 3.95. The lowest BCUT2D eigenvalue weighted by atomic mass is 9.94. The van der Waals surface area contributed by atoms with Crippen LogP contribution < -0.4 is 0 Å². The van der Waals surface area contributed by atoms with Crippen molar-refractivity contribution in [1.82, 2.24) is 0 Å². The highest BCUT2D eigenvalue weighted by Gasteiger charge is 2.49. The molecule has 1 heterocycles. The maximum absolute atomic E-state index is 9.38. The van der Waals surface area contributed by atoms with Crippen molar-refractivity contribution in [1.29, 1.82) is 0 Å². The summed E-state index contributed by atoms with van der Waals surface area (Å²) in [6.45, 7) is 0.608. The molecular weight excluding hydrogens is 180 g/mol. The first-order valence-corrected chi connectivity index (χ1v) is 3.95. The van der Waals surface area contributed by atoms with Crippen molar-refractivity contribution in [3.63, 3.8) is 0 Å². The van der Waals surface area contributed by atoms with Gasteiger partial charge >= 0.3 is 0 Å². The van der Waals surface area contributed by atoms with Crippen molar-refractivity contribution in [3.8, 4) is 0 Å². The van der Waals surface area contributed by atoms with Crippen LogP contribution in [-0.4, -0.2) is 62.3 Å². The predicted octanol–water partition coefficient (Wildman–Crippen LogP) is -2.83. The molecule has 5 atom stereocenters. The summed E-state index contributed by atoms with van der Waals surface area (Å²) < 4.78 is 4.76. The van der Waals surface area contributed by atoms with E-state index in [0.29, 0.717) is 0 Å². The van der Waals surface area contributed by atoms with E-state index < -0.39 is 36.8 Å². The van der Waals surface area contributed by atoms with Gasteiger partial charge in [0.25, 0.3) is 0 Å². The summed E-state index contributed by atoms with van der Waals surface area (Å²) in [5.41, 5.74) is 0. The molecule has 0 aromatic heterocycles. The van der Waals surface area contributed by atoms with Gasteiger partial charge in [-0.05, 0) is 6.92 Å². The molecule has 6 nitrogen and oxygen atoms in total. The maximum Gasteiger partial charge on any atom is 0.192 e. The molecule has 0 amide bonds. The van der Waals surface area contributed by atoms with E-state index in [1.807, 2.05) is 0 Å². The van der Waals surface area contributed by atoms with Crippen LogP contribution in [0.4, 0.5) is 0 Å². The standard InChI is InChI=1S/C7H14O6/c1-7(12)6(11)5(10)4(9)3(2-8)13-7/h3-6,8-12H,2H2,1H3/t3?,4-,5+,6?,7+/m1/s1. The Kier molecular flexibility index (Phi) is 2.91. The zero-order chi connectivity index (χ0) is 10.2. The summed E-state index contributed by atoms with van der Waals surface area (Å²) in [7, 11) is 0. The van der Waals surface area contributed by atoms with Crippen LogP contribution in [0.15, 0.2) is 0 Å². The van der Waals surface area contributed by atoms with Gasteiger partial charge in [-0.2, -0.15) is 0 Å². The Balaban J connectivity index is 2.79. The van der Waals surface area contributed by atoms with Crippen LogP contribution in [0.3, 0.4) is 0 Å². The van der Waals surface area contributed by atoms with E-state index in [1.165, 1.54) is 0 Å². The molecule has 0 aromatic carbocycles. The fraction of sp³-hybridized carbons (Fsp3) is 1.00. The molecule has 5 N–H and O–H groups in total. The minimum Gasteiger partial charge on any atom is -0.394 e. The Labute approximate surface area is 75.0 Å². The Morgan fingerprint density at radius 3 is 2.23 bits per heavy atom. The van der Waals surface area contributed by atoms with Crippen LogP contribution in [0.25, 0.3) is 0 Å². The molecule has 13 heavy (non-hydrogen) atoms. The molecule has 1 fully saturated rings. The molecule has 2 unspecified atom stereocenters. The largest absolute Gasteiger partial charge is 0.394 e. The van der Waals surface area contributed by atoms with E-state index in [-0.39, 0.29) is 0 Å². The molecule has 78 valence electrons. The molecule has 0 bridgehead atoms. The molecule has 0 radical (unpaired) electrons. The minimum atomic E-state index is -1.95. The second-order valence-electron chi connectivity index (χ2n) is 3.32. The molecule has 1 rings (SSSR count). The van der Waals surface area contributed by atoms with Crippen LogP contribution in [0.1, 0.15) is 6.92 Å². The summed E-state index contributed by atoms with van der Waals surface area (Å²) in [5, 5.41) is 45.8. The predicted molar refractivity (Wildman–Crippen MR) is 40.6 cm³/mol. The van der Waals surface area contributed by atoms with Gasteiger partial charge in [0.2, 0.25) is 0 Å². The average Bonchev–Trinajstić information content (AvgIpc) is 2.08. The Morgan fingerprint density at radius 2 is 1.77 bits per heavy atom. The van der Waals surface area contributed by atoms with Crippen molar-refractivity contribution >= 4 is 0 Å². The Hall–Kier alpha value is -0.240. The lowest BCUT2D eigenvalue weighted by Gasteiger charge is -2.43. The second-order valence-corrected chi connectivity index (χ2v) is 3.32. The number of aliphatic hydroxyl groups excluding tert-OH is 4. The van der Waals surface area contributed by atoms with Crippen LogP contribution in [0.2, 0.25) is 0 Å². The highest BCUT2D eigenvalue weighted by molar-refractivity contribution is 4.93. The quantitative estimate of drug-likeness (QED) is 0.308. The average molecular weight is 194 g/mol. The van der Waals surface area contributed by atoms with E-state index in [4.69, 9.17) is 9.84 Å². The van der Waals surface area contributed by atoms with Crippen molar-refractivity contribution in [2.24, 2.45) is 0 Å². The number of hydrogen-bond donors (Lipinski definition) is 5. The number of hydrogen-bond acceptors (Lipinski definition) is 6. The van der Waals surface area contributed by atoms with Crippen LogP contribution in [0, 0.1) is 0 Å². The summed E-state index contributed by atoms with van der Waals surface area (Å²) in [4.78, 5) is 0. The van der Waals surface area contributed by atoms with Crippen molar-refractivity contribution in [3.05, 3.63) is 0 Å². The fourth-order valence-corrected chi connectivity index (χ4v) is 1.31. The van der Waals surface area contributed by atoms with Gasteiger partial charge in [0.05, 0.1) is 6.61 Å². The van der Waals surface area contributed by atoms with E-state index in [9.17, 15) is 20.4 Å². The van der Waals surface area contributed by atoms with E-state index in [2.05, 4.69) is 0 Å². The Morgan fingerprint density at radius 1 is 1.23 bits per heavy atom. The van der Waals surface area contributed by atoms with Gasteiger partial charge in [-0.15, -0.1) is 0 Å². The normalized spacial score (nSPS) is 52.2. The summed E-state index contributed by atoms with van der Waals surface area (Å²) in [6, 6.07) is 0. The third-order valence-electron chi connectivity index (χ3n) is 2.17. The highest BCUT2D eigenvalue weighted by atomic mass is 16.7. The number of aliphatic hydroxyl groups is 5. The lowest BCUT2D eigenvalue weighted by Crippen LogP contribution is -2.63. The van der Waals surface area contributed by atoms with Crippen LogP contribution in [0.5, 0.6) is 0 Å². The molecular formula is C7H14O6. The van der Waals surface area contributed by atoms with E-state index >= 15 is 0 Å². The molecule has 0 aromatic rings. The first-order chi connectivity index (χ1) is 5.90. The summed E-state index contributed by atoms with van der Waals surface area (Å²) in [6.07, 6.45) is -5.61. The van der Waals surface area contributed by atoms with Crippen LogP contribution >= 0.6 is 0 Å². The first kappa shape index (κ1) is 10.8. The minimum absolute atomic E-state index is 0.541. The van der Waals surface area contributed by atoms with Crippen molar-refractivity contribution < 1.29 is 30.3 Å². The molecule has 6 heteroatoms. The Bertz CT molecular complexity index is 180. The van der Waals surface area contributed by atoms with E-state index in [1.54, 1.807) is 0 Å². The zero-order valence-corrected chi connectivity index (χ0v) is 7.16. The third-order valence-corrected chi connectivity index (χ3v) is 2.17. The van der Waals surface area contributed by atoms with E-state index in [0.717, 1.165) is 6.92 Å². The van der Waals surface area contributed by atoms with Crippen molar-refractivity contribution in [2.45, 2.75) is 37.1 Å². The van der Waals surface area contributed by atoms with Gasteiger partial charge in [0.1, 0.15) is 24.4 Å². The van der Waals surface area contributed by atoms with Gasteiger partial charge in [-0.3, -0.25) is 0 Å². The van der Waals surface area contributed by atoms with Gasteiger partial charge in [0.15, 0.2) is 5.79 Å². The van der Waals surface area contributed by atoms with Gasteiger partial charge in [-0.25, -0.2) is 0 Å². The lowest BCUT2D eigenvalue weighted by molar-refractivity contribution is -0.341. The van der Waals surface area contributed by atoms with Gasteiger partial charge < -0.3 is 30.3 Å². The molecule has 1 aliphatic heterocycles. The summed E-state index contributed by atoms with van der Waals surface area (Å²) in [5.74, 6) is -1.95. The molecule has 0 spiro atoms. The summed E-state index contributed by atoms with van der Waals surface area (Å²) >= 11 is 0. The molecule has 1 saturated heterocycles. The fourth-order valence-electron chi connectivity index (χ4n) is 1.31.